The minimum atomic E-state index is -0.543. The molecule has 0 saturated carbocycles. The normalized spacial score (nSPS) is 10.3. The molecular weight excluding hydrogens is 322 g/mol. The number of hydrogen-bond acceptors (Lipinski definition) is 5. The van der Waals surface area contributed by atoms with E-state index in [4.69, 9.17) is 0 Å². The number of benzene rings is 1. The molecule has 2 amide bonds. The van der Waals surface area contributed by atoms with Crippen LogP contribution in [0.4, 0.5) is 5.69 Å². The van der Waals surface area contributed by atoms with E-state index in [1.54, 1.807) is 42.7 Å². The van der Waals surface area contributed by atoms with Gasteiger partial charge in [0.2, 0.25) is 5.91 Å². The van der Waals surface area contributed by atoms with Crippen molar-refractivity contribution in [2.75, 3.05) is 19.0 Å². The van der Waals surface area contributed by atoms with Crippen LogP contribution in [-0.2, 0) is 14.3 Å². The summed E-state index contributed by atoms with van der Waals surface area (Å²) in [7, 11) is 1.24. The summed E-state index contributed by atoms with van der Waals surface area (Å²) in [6.45, 7) is -0.222. The summed E-state index contributed by atoms with van der Waals surface area (Å²) in [6.07, 6.45) is 6.29. The van der Waals surface area contributed by atoms with Crippen molar-refractivity contribution in [3.8, 4) is 0 Å². The Morgan fingerprint density at radius 2 is 2.04 bits per heavy atom. The van der Waals surface area contributed by atoms with Crippen LogP contribution in [0.1, 0.15) is 15.9 Å². The van der Waals surface area contributed by atoms with E-state index in [0.717, 1.165) is 5.56 Å². The fourth-order valence-corrected chi connectivity index (χ4v) is 1.90. The van der Waals surface area contributed by atoms with Crippen LogP contribution in [0.5, 0.6) is 0 Å². The topological polar surface area (TPSA) is 97.4 Å². The number of nitrogens with zero attached hydrogens (tertiary/aromatic N) is 1. The summed E-state index contributed by atoms with van der Waals surface area (Å²) in [6, 6.07) is 9.98. The van der Waals surface area contributed by atoms with Crippen molar-refractivity contribution < 1.29 is 19.1 Å². The largest absolute Gasteiger partial charge is 0.468 e. The number of rotatable bonds is 6. The van der Waals surface area contributed by atoms with Crippen LogP contribution in [0.15, 0.2) is 54.9 Å². The Kier molecular flexibility index (Phi) is 6.41. The second kappa shape index (κ2) is 8.97. The maximum absolute atomic E-state index is 12.0. The molecule has 0 spiro atoms. The van der Waals surface area contributed by atoms with Gasteiger partial charge in [-0.05, 0) is 35.9 Å². The molecule has 2 aromatic rings. The zero-order valence-corrected chi connectivity index (χ0v) is 13.6. The fourth-order valence-electron chi connectivity index (χ4n) is 1.90. The quantitative estimate of drug-likeness (QED) is 0.616. The van der Waals surface area contributed by atoms with Gasteiger partial charge < -0.3 is 15.4 Å². The standard InChI is InChI=1S/C18H17N3O4/c1-25-17(23)12-20-18(24)14-5-2-6-15(10-14)21-16(22)8-7-13-4-3-9-19-11-13/h2-11H,12H2,1H3,(H,20,24)(H,21,22)/b8-7+. The van der Waals surface area contributed by atoms with Gasteiger partial charge in [0.25, 0.3) is 5.91 Å². The maximum atomic E-state index is 12.0. The smallest absolute Gasteiger partial charge is 0.325 e. The third-order valence-corrected chi connectivity index (χ3v) is 3.12. The van der Waals surface area contributed by atoms with E-state index in [9.17, 15) is 14.4 Å². The maximum Gasteiger partial charge on any atom is 0.325 e. The number of carbonyl (C=O) groups is 3. The van der Waals surface area contributed by atoms with Gasteiger partial charge in [0.05, 0.1) is 7.11 Å². The zero-order chi connectivity index (χ0) is 18.1. The van der Waals surface area contributed by atoms with Gasteiger partial charge in [0.15, 0.2) is 0 Å². The lowest BCUT2D eigenvalue weighted by Crippen LogP contribution is -2.30. The molecule has 1 heterocycles. The number of carbonyl (C=O) groups excluding carboxylic acids is 3. The van der Waals surface area contributed by atoms with Gasteiger partial charge in [0.1, 0.15) is 6.54 Å². The number of hydrogen-bond donors (Lipinski definition) is 2. The van der Waals surface area contributed by atoms with Gasteiger partial charge in [-0.2, -0.15) is 0 Å². The third-order valence-electron chi connectivity index (χ3n) is 3.12. The first-order valence-electron chi connectivity index (χ1n) is 7.42. The number of esters is 1. The number of nitrogens with one attached hydrogen (secondary N) is 2. The molecule has 0 aliphatic rings. The highest BCUT2D eigenvalue weighted by Crippen LogP contribution is 2.11. The summed E-state index contributed by atoms with van der Waals surface area (Å²) in [5.41, 5.74) is 1.58. The van der Waals surface area contributed by atoms with Gasteiger partial charge in [-0.3, -0.25) is 19.4 Å². The molecule has 128 valence electrons. The molecule has 0 aliphatic carbocycles. The Labute approximate surface area is 144 Å². The Balaban J connectivity index is 1.96. The average molecular weight is 339 g/mol. The minimum Gasteiger partial charge on any atom is -0.468 e. The monoisotopic (exact) mass is 339 g/mol. The van der Waals surface area contributed by atoms with Crippen LogP contribution in [0, 0.1) is 0 Å². The average Bonchev–Trinajstić information content (AvgIpc) is 2.65. The first-order chi connectivity index (χ1) is 12.1. The molecule has 2 N–H and O–H groups in total. The first-order valence-corrected chi connectivity index (χ1v) is 7.42. The van der Waals surface area contributed by atoms with E-state index in [-0.39, 0.29) is 12.5 Å². The molecule has 0 aliphatic heterocycles. The van der Waals surface area contributed by atoms with E-state index in [2.05, 4.69) is 20.4 Å². The second-order valence-corrected chi connectivity index (χ2v) is 4.95. The molecule has 0 fully saturated rings. The SMILES string of the molecule is COC(=O)CNC(=O)c1cccc(NC(=O)/C=C/c2cccnc2)c1. The van der Waals surface area contributed by atoms with Crippen LogP contribution < -0.4 is 10.6 Å². The molecule has 0 atom stereocenters. The molecule has 0 unspecified atom stereocenters. The van der Waals surface area contributed by atoms with Gasteiger partial charge in [0, 0.05) is 29.7 Å². The number of pyridine rings is 1. The molecule has 1 aromatic carbocycles. The lowest BCUT2D eigenvalue weighted by molar-refractivity contribution is -0.139. The van der Waals surface area contributed by atoms with Crippen molar-refractivity contribution in [1.29, 1.82) is 0 Å². The van der Waals surface area contributed by atoms with Crippen molar-refractivity contribution in [2.45, 2.75) is 0 Å². The van der Waals surface area contributed by atoms with Gasteiger partial charge in [-0.25, -0.2) is 0 Å². The van der Waals surface area contributed by atoms with Crippen LogP contribution in [0.25, 0.3) is 6.08 Å². The first kappa shape index (κ1) is 17.9. The molecular formula is C18H17N3O4. The molecule has 0 saturated heterocycles. The van der Waals surface area contributed by atoms with E-state index in [1.807, 2.05) is 6.07 Å². The lowest BCUT2D eigenvalue weighted by atomic mass is 10.2. The number of anilines is 1. The van der Waals surface area contributed by atoms with Gasteiger partial charge in [-0.15, -0.1) is 0 Å². The van der Waals surface area contributed by atoms with Crippen molar-refractivity contribution in [1.82, 2.24) is 10.3 Å². The Morgan fingerprint density at radius 1 is 1.20 bits per heavy atom. The number of methoxy groups -OCH3 is 1. The lowest BCUT2D eigenvalue weighted by Gasteiger charge is -2.06. The Hall–Kier alpha value is -3.48. The Bertz CT molecular complexity index is 788. The number of ether oxygens (including phenoxy) is 1. The van der Waals surface area contributed by atoms with Crippen molar-refractivity contribution in [3.63, 3.8) is 0 Å². The number of aromatic nitrogens is 1. The predicted molar refractivity (Wildman–Crippen MR) is 92.7 cm³/mol. The summed E-state index contributed by atoms with van der Waals surface area (Å²) >= 11 is 0. The second-order valence-electron chi connectivity index (χ2n) is 4.95. The fraction of sp³-hybridized carbons (Fsp3) is 0.111. The molecule has 1 aromatic heterocycles. The molecule has 25 heavy (non-hydrogen) atoms. The van der Waals surface area contributed by atoms with Crippen LogP contribution in [0.3, 0.4) is 0 Å². The third kappa shape index (κ3) is 5.91. The molecule has 2 rings (SSSR count). The van der Waals surface area contributed by atoms with Crippen LogP contribution in [-0.4, -0.2) is 36.4 Å². The highest BCUT2D eigenvalue weighted by Gasteiger charge is 2.09. The zero-order valence-electron chi connectivity index (χ0n) is 13.6. The van der Waals surface area contributed by atoms with E-state index in [0.29, 0.717) is 11.3 Å². The molecule has 7 heteroatoms. The summed E-state index contributed by atoms with van der Waals surface area (Å²) in [5, 5.41) is 5.10. The molecule has 0 bridgehead atoms. The van der Waals surface area contributed by atoms with E-state index >= 15 is 0 Å². The Morgan fingerprint density at radius 3 is 2.76 bits per heavy atom. The summed E-state index contributed by atoms with van der Waals surface area (Å²) in [4.78, 5) is 38.9. The summed E-state index contributed by atoms with van der Waals surface area (Å²) in [5.74, 6) is -1.32. The van der Waals surface area contributed by atoms with Gasteiger partial charge >= 0.3 is 5.97 Å². The minimum absolute atomic E-state index is 0.222. The summed E-state index contributed by atoms with van der Waals surface area (Å²) < 4.78 is 4.45. The van der Waals surface area contributed by atoms with Crippen LogP contribution >= 0.6 is 0 Å². The van der Waals surface area contributed by atoms with Crippen molar-refractivity contribution in [3.05, 3.63) is 66.0 Å². The predicted octanol–water partition coefficient (Wildman–Crippen LogP) is 1.64. The van der Waals surface area contributed by atoms with Gasteiger partial charge in [-0.1, -0.05) is 12.1 Å². The highest BCUT2D eigenvalue weighted by atomic mass is 16.5. The molecule has 7 nitrogen and oxygen atoms in total. The highest BCUT2D eigenvalue weighted by molar-refractivity contribution is 6.03. The van der Waals surface area contributed by atoms with Crippen molar-refractivity contribution in [2.24, 2.45) is 0 Å². The van der Waals surface area contributed by atoms with E-state index < -0.39 is 11.9 Å². The number of amides is 2. The van der Waals surface area contributed by atoms with Crippen molar-refractivity contribution >= 4 is 29.5 Å². The van der Waals surface area contributed by atoms with E-state index in [1.165, 1.54) is 19.3 Å². The molecule has 0 radical (unpaired) electrons. The van der Waals surface area contributed by atoms with Crippen LogP contribution in [0.2, 0.25) is 0 Å².